The Balaban J connectivity index is 1.49. The predicted molar refractivity (Wildman–Crippen MR) is 112 cm³/mol. The number of carbonyl (C=O) groups is 1. The number of hydrogen-bond donors (Lipinski definition) is 0. The molecule has 1 amide bonds. The van der Waals surface area contributed by atoms with Gasteiger partial charge in [-0.3, -0.25) is 9.69 Å². The van der Waals surface area contributed by atoms with Crippen molar-refractivity contribution < 1.29 is 9.18 Å². The molecule has 0 unspecified atom stereocenters. The van der Waals surface area contributed by atoms with Gasteiger partial charge < -0.3 is 4.90 Å². The van der Waals surface area contributed by atoms with Crippen LogP contribution in [0.3, 0.4) is 0 Å². The molecule has 0 N–H and O–H groups in total. The number of aromatic nitrogens is 4. The molecule has 0 spiro atoms. The van der Waals surface area contributed by atoms with E-state index in [4.69, 9.17) is 0 Å². The maximum Gasteiger partial charge on any atom is 0.247 e. The molecule has 1 aromatic carbocycles. The molecule has 0 aliphatic carbocycles. The Morgan fingerprint density at radius 1 is 1.20 bits per heavy atom. The van der Waals surface area contributed by atoms with Crippen LogP contribution in [-0.2, 0) is 17.8 Å². The Morgan fingerprint density at radius 3 is 2.83 bits per heavy atom. The van der Waals surface area contributed by atoms with Gasteiger partial charge in [0.05, 0.1) is 0 Å². The highest BCUT2D eigenvalue weighted by Gasteiger charge is 2.30. The smallest absolute Gasteiger partial charge is 0.247 e. The van der Waals surface area contributed by atoms with Crippen LogP contribution >= 0.6 is 11.3 Å². The van der Waals surface area contributed by atoms with Crippen LogP contribution in [0.25, 0.3) is 0 Å². The van der Waals surface area contributed by atoms with Gasteiger partial charge in [0.15, 0.2) is 0 Å². The van der Waals surface area contributed by atoms with E-state index in [1.54, 1.807) is 29.0 Å². The Kier molecular flexibility index (Phi) is 6.49. The van der Waals surface area contributed by atoms with Crippen LogP contribution in [0.1, 0.15) is 28.7 Å². The van der Waals surface area contributed by atoms with Crippen molar-refractivity contribution >= 4 is 17.2 Å². The van der Waals surface area contributed by atoms with Crippen molar-refractivity contribution in [2.75, 3.05) is 26.2 Å². The summed E-state index contributed by atoms with van der Waals surface area (Å²) >= 11 is 1.76. The lowest BCUT2D eigenvalue weighted by Gasteiger charge is -2.26. The van der Waals surface area contributed by atoms with E-state index in [0.717, 1.165) is 31.6 Å². The first-order valence-corrected chi connectivity index (χ1v) is 11.0. The molecule has 7 nitrogen and oxygen atoms in total. The van der Waals surface area contributed by atoms with Gasteiger partial charge in [-0.05, 0) is 52.9 Å². The number of amides is 1. The van der Waals surface area contributed by atoms with Crippen molar-refractivity contribution in [3.63, 3.8) is 0 Å². The number of nitrogens with zero attached hydrogens (tertiary/aromatic N) is 6. The van der Waals surface area contributed by atoms with E-state index in [-0.39, 0.29) is 11.7 Å². The lowest BCUT2D eigenvalue weighted by Crippen LogP contribution is -2.41. The summed E-state index contributed by atoms with van der Waals surface area (Å²) in [6, 6.07) is 9.98. The van der Waals surface area contributed by atoms with Crippen LogP contribution in [0.15, 0.2) is 41.8 Å². The first-order chi connectivity index (χ1) is 14.6. The number of rotatable bonds is 6. The van der Waals surface area contributed by atoms with Crippen molar-refractivity contribution in [1.29, 1.82) is 0 Å². The zero-order valence-electron chi connectivity index (χ0n) is 16.9. The molecule has 30 heavy (non-hydrogen) atoms. The second kappa shape index (κ2) is 9.44. The van der Waals surface area contributed by atoms with Gasteiger partial charge in [-0.1, -0.05) is 18.2 Å². The highest BCUT2D eigenvalue weighted by atomic mass is 32.1. The van der Waals surface area contributed by atoms with Crippen LogP contribution in [0.4, 0.5) is 4.39 Å². The molecule has 0 saturated carbocycles. The Morgan fingerprint density at radius 2 is 2.10 bits per heavy atom. The van der Waals surface area contributed by atoms with E-state index in [2.05, 4.69) is 37.9 Å². The second-order valence-corrected chi connectivity index (χ2v) is 8.59. The van der Waals surface area contributed by atoms with Crippen LogP contribution in [0.5, 0.6) is 0 Å². The highest BCUT2D eigenvalue weighted by Crippen LogP contribution is 2.20. The van der Waals surface area contributed by atoms with Crippen molar-refractivity contribution in [3.8, 4) is 0 Å². The maximum atomic E-state index is 13.7. The van der Waals surface area contributed by atoms with E-state index in [1.165, 1.54) is 17.0 Å². The molecular formula is C21H25FN6OS. The normalized spacial score (nSPS) is 16.4. The summed E-state index contributed by atoms with van der Waals surface area (Å²) in [5.41, 5.74) is 0.748. The van der Waals surface area contributed by atoms with Crippen LogP contribution in [-0.4, -0.2) is 62.1 Å². The fraction of sp³-hybridized carbons (Fsp3) is 0.429. The standard InChI is InChI=1S/C21H25FN6OS/c1-16-23-24-25-28(16)20(14-17-5-2-6-18(22)13-17)21(29)27-9-4-8-26(10-11-27)15-19-7-3-12-30-19/h2-3,5-7,12-13,20H,4,8-11,14-15H2,1H3/t20-/m1/s1. The van der Waals surface area contributed by atoms with E-state index in [1.807, 2.05) is 11.0 Å². The predicted octanol–water partition coefficient (Wildman–Crippen LogP) is 2.70. The minimum atomic E-state index is -0.592. The third-order valence-corrected chi connectivity index (χ3v) is 6.28. The van der Waals surface area contributed by atoms with Crippen LogP contribution in [0.2, 0.25) is 0 Å². The van der Waals surface area contributed by atoms with Crippen molar-refractivity contribution in [1.82, 2.24) is 30.0 Å². The van der Waals surface area contributed by atoms with E-state index >= 15 is 0 Å². The lowest BCUT2D eigenvalue weighted by atomic mass is 10.0. The number of tetrazole rings is 1. The van der Waals surface area contributed by atoms with Gasteiger partial charge in [0.25, 0.3) is 0 Å². The molecule has 2 aromatic heterocycles. The largest absolute Gasteiger partial charge is 0.339 e. The molecule has 4 rings (SSSR count). The molecule has 1 atom stereocenters. The van der Waals surface area contributed by atoms with E-state index < -0.39 is 6.04 Å². The minimum Gasteiger partial charge on any atom is -0.339 e. The SMILES string of the molecule is Cc1nnnn1[C@H](Cc1cccc(F)c1)C(=O)N1CCCN(Cc2cccs2)CC1. The van der Waals surface area contributed by atoms with Gasteiger partial charge in [0, 0.05) is 44.0 Å². The molecule has 9 heteroatoms. The van der Waals surface area contributed by atoms with Gasteiger partial charge >= 0.3 is 0 Å². The summed E-state index contributed by atoms with van der Waals surface area (Å²) < 4.78 is 15.3. The number of hydrogen-bond acceptors (Lipinski definition) is 6. The molecule has 3 heterocycles. The summed E-state index contributed by atoms with van der Waals surface area (Å²) in [4.78, 5) is 19.1. The van der Waals surface area contributed by atoms with Gasteiger partial charge in [-0.25, -0.2) is 9.07 Å². The fourth-order valence-corrected chi connectivity index (χ4v) is 4.62. The van der Waals surface area contributed by atoms with Gasteiger partial charge in [0.1, 0.15) is 17.7 Å². The summed E-state index contributed by atoms with van der Waals surface area (Å²) in [7, 11) is 0. The number of aryl methyl sites for hydroxylation is 1. The molecule has 1 fully saturated rings. The van der Waals surface area contributed by atoms with Crippen molar-refractivity contribution in [2.45, 2.75) is 32.4 Å². The second-order valence-electron chi connectivity index (χ2n) is 7.55. The molecule has 1 saturated heterocycles. The quantitative estimate of drug-likeness (QED) is 0.604. The summed E-state index contributed by atoms with van der Waals surface area (Å²) in [5, 5.41) is 13.8. The number of carbonyl (C=O) groups excluding carboxylic acids is 1. The monoisotopic (exact) mass is 428 g/mol. The van der Waals surface area contributed by atoms with Gasteiger partial charge in [-0.2, -0.15) is 0 Å². The first-order valence-electron chi connectivity index (χ1n) is 10.1. The minimum absolute atomic E-state index is 0.0207. The van der Waals surface area contributed by atoms with Gasteiger partial charge in [-0.15, -0.1) is 16.4 Å². The fourth-order valence-electron chi connectivity index (χ4n) is 3.87. The van der Waals surface area contributed by atoms with Crippen LogP contribution in [0, 0.1) is 12.7 Å². The third-order valence-electron chi connectivity index (χ3n) is 5.42. The van der Waals surface area contributed by atoms with Crippen molar-refractivity contribution in [2.24, 2.45) is 0 Å². The summed E-state index contributed by atoms with van der Waals surface area (Å²) in [5.74, 6) is 0.234. The Bertz CT molecular complexity index is 976. The third kappa shape index (κ3) is 4.91. The number of thiophene rings is 1. The average molecular weight is 429 g/mol. The molecule has 3 aromatic rings. The van der Waals surface area contributed by atoms with Crippen LogP contribution < -0.4 is 0 Å². The maximum absolute atomic E-state index is 13.7. The van der Waals surface area contributed by atoms with E-state index in [0.29, 0.717) is 25.3 Å². The van der Waals surface area contributed by atoms with Crippen molar-refractivity contribution in [3.05, 3.63) is 63.9 Å². The molecule has 158 valence electrons. The zero-order valence-corrected chi connectivity index (χ0v) is 17.8. The van der Waals surface area contributed by atoms with E-state index in [9.17, 15) is 9.18 Å². The Labute approximate surface area is 179 Å². The molecule has 0 radical (unpaired) electrons. The molecule has 0 bridgehead atoms. The lowest BCUT2D eigenvalue weighted by molar-refractivity contribution is -0.135. The molecular weight excluding hydrogens is 403 g/mol. The van der Waals surface area contributed by atoms with Gasteiger partial charge in [0.2, 0.25) is 5.91 Å². The summed E-state index contributed by atoms with van der Waals surface area (Å²) in [6.45, 7) is 5.83. The summed E-state index contributed by atoms with van der Waals surface area (Å²) in [6.07, 6.45) is 1.26. The zero-order chi connectivity index (χ0) is 20.9. The molecule has 1 aliphatic rings. The first kappa shape index (κ1) is 20.6. The number of benzene rings is 1. The average Bonchev–Trinajstić information content (AvgIpc) is 3.33. The Hall–Kier alpha value is -2.65. The molecule has 1 aliphatic heterocycles. The number of halogens is 1. The highest BCUT2D eigenvalue weighted by molar-refractivity contribution is 7.09. The topological polar surface area (TPSA) is 67.2 Å².